The Hall–Kier alpha value is -0.830. The van der Waals surface area contributed by atoms with Crippen LogP contribution in [0.15, 0.2) is 6.07 Å². The Morgan fingerprint density at radius 2 is 2.07 bits per heavy atom. The molecule has 3 heteroatoms. The van der Waals surface area contributed by atoms with Crippen molar-refractivity contribution in [3.63, 3.8) is 0 Å². The van der Waals surface area contributed by atoms with Crippen molar-refractivity contribution in [2.24, 2.45) is 0 Å². The van der Waals surface area contributed by atoms with E-state index in [-0.39, 0.29) is 0 Å². The van der Waals surface area contributed by atoms with Crippen molar-refractivity contribution in [1.29, 1.82) is 0 Å². The van der Waals surface area contributed by atoms with E-state index in [1.165, 1.54) is 11.4 Å². The molecule has 1 N–H and O–H groups in total. The fraction of sp³-hybridized carbons (Fsp3) is 0.750. The molecule has 0 aliphatic carbocycles. The largest absolute Gasteiger partial charge is 0.317 e. The van der Waals surface area contributed by atoms with Crippen LogP contribution in [0.3, 0.4) is 0 Å². The highest BCUT2D eigenvalue weighted by molar-refractivity contribution is 5.12. The molecule has 0 bridgehead atoms. The monoisotopic (exact) mass is 209 g/mol. The van der Waals surface area contributed by atoms with Crippen LogP contribution in [0.4, 0.5) is 0 Å². The highest BCUT2D eigenvalue weighted by atomic mass is 15.3. The Bertz CT molecular complexity index is 302. The van der Waals surface area contributed by atoms with Gasteiger partial charge in [0.1, 0.15) is 0 Å². The van der Waals surface area contributed by atoms with E-state index in [0.29, 0.717) is 12.1 Å². The lowest BCUT2D eigenvalue weighted by Crippen LogP contribution is -2.23. The van der Waals surface area contributed by atoms with Crippen molar-refractivity contribution in [2.45, 2.75) is 52.6 Å². The van der Waals surface area contributed by atoms with Gasteiger partial charge in [0.2, 0.25) is 0 Å². The molecular formula is C12H23N3. The molecule has 3 nitrogen and oxygen atoms in total. The van der Waals surface area contributed by atoms with Gasteiger partial charge in [-0.15, -0.1) is 0 Å². The molecule has 0 aliphatic heterocycles. The van der Waals surface area contributed by atoms with Crippen molar-refractivity contribution < 1.29 is 0 Å². The summed E-state index contributed by atoms with van der Waals surface area (Å²) in [7, 11) is 1.99. The van der Waals surface area contributed by atoms with Crippen molar-refractivity contribution in [3.8, 4) is 0 Å². The van der Waals surface area contributed by atoms with E-state index in [9.17, 15) is 0 Å². The highest BCUT2D eigenvalue weighted by Crippen LogP contribution is 2.13. The van der Waals surface area contributed by atoms with Crippen LogP contribution in [0, 0.1) is 0 Å². The molecule has 15 heavy (non-hydrogen) atoms. The zero-order valence-electron chi connectivity index (χ0n) is 10.5. The standard InChI is InChI=1S/C12H23N3/c1-6-12-8-11(7-10(4)13-5)14-15(12)9(2)3/h8-10,13H,6-7H2,1-5H3. The Balaban J connectivity index is 2.83. The molecule has 0 radical (unpaired) electrons. The number of aryl methyl sites for hydroxylation is 1. The van der Waals surface area contributed by atoms with E-state index in [1.807, 2.05) is 7.05 Å². The van der Waals surface area contributed by atoms with E-state index >= 15 is 0 Å². The average molecular weight is 209 g/mol. The summed E-state index contributed by atoms with van der Waals surface area (Å²) in [5.41, 5.74) is 2.53. The number of hydrogen-bond acceptors (Lipinski definition) is 2. The first-order valence-corrected chi connectivity index (χ1v) is 5.83. The third-order valence-electron chi connectivity index (χ3n) is 2.72. The second-order valence-corrected chi connectivity index (χ2v) is 4.41. The Morgan fingerprint density at radius 3 is 2.47 bits per heavy atom. The lowest BCUT2D eigenvalue weighted by Gasteiger charge is -2.09. The van der Waals surface area contributed by atoms with Gasteiger partial charge < -0.3 is 5.32 Å². The first kappa shape index (κ1) is 12.2. The molecule has 0 spiro atoms. The highest BCUT2D eigenvalue weighted by Gasteiger charge is 2.10. The zero-order chi connectivity index (χ0) is 11.4. The topological polar surface area (TPSA) is 29.9 Å². The van der Waals surface area contributed by atoms with Crippen LogP contribution in [0.25, 0.3) is 0 Å². The molecule has 1 aromatic heterocycles. The molecule has 0 fully saturated rings. The number of nitrogens with one attached hydrogen (secondary N) is 1. The lowest BCUT2D eigenvalue weighted by molar-refractivity contribution is 0.500. The number of aromatic nitrogens is 2. The minimum absolute atomic E-state index is 0.457. The Kier molecular flexibility index (Phi) is 4.33. The van der Waals surface area contributed by atoms with Crippen LogP contribution in [-0.4, -0.2) is 22.9 Å². The van der Waals surface area contributed by atoms with E-state index in [2.05, 4.69) is 48.9 Å². The van der Waals surface area contributed by atoms with E-state index in [1.54, 1.807) is 0 Å². The number of nitrogens with zero attached hydrogens (tertiary/aromatic N) is 2. The summed E-state index contributed by atoms with van der Waals surface area (Å²) in [6.45, 7) is 8.72. The summed E-state index contributed by atoms with van der Waals surface area (Å²) in [6, 6.07) is 3.18. The van der Waals surface area contributed by atoms with Crippen molar-refractivity contribution in [2.75, 3.05) is 7.05 Å². The smallest absolute Gasteiger partial charge is 0.0643 e. The molecule has 1 rings (SSSR count). The third kappa shape index (κ3) is 3.06. The molecule has 0 saturated heterocycles. The van der Waals surface area contributed by atoms with Gasteiger partial charge in [-0.3, -0.25) is 4.68 Å². The first-order valence-electron chi connectivity index (χ1n) is 5.83. The first-order chi connectivity index (χ1) is 7.08. The van der Waals surface area contributed by atoms with Crippen molar-refractivity contribution in [3.05, 3.63) is 17.5 Å². The maximum Gasteiger partial charge on any atom is 0.0643 e. The number of rotatable bonds is 5. The summed E-state index contributed by atoms with van der Waals surface area (Å²) >= 11 is 0. The van der Waals surface area contributed by atoms with Gasteiger partial charge in [-0.05, 0) is 40.3 Å². The van der Waals surface area contributed by atoms with Crippen LogP contribution < -0.4 is 5.32 Å². The predicted molar refractivity (Wildman–Crippen MR) is 64.2 cm³/mol. The van der Waals surface area contributed by atoms with Gasteiger partial charge in [-0.1, -0.05) is 6.92 Å². The van der Waals surface area contributed by atoms with E-state index in [4.69, 9.17) is 0 Å². The summed E-state index contributed by atoms with van der Waals surface area (Å²) in [6.07, 6.45) is 2.06. The Labute approximate surface area is 92.9 Å². The van der Waals surface area contributed by atoms with Crippen molar-refractivity contribution in [1.82, 2.24) is 15.1 Å². The Morgan fingerprint density at radius 1 is 1.40 bits per heavy atom. The van der Waals surface area contributed by atoms with Gasteiger partial charge >= 0.3 is 0 Å². The number of hydrogen-bond donors (Lipinski definition) is 1. The molecular weight excluding hydrogens is 186 g/mol. The predicted octanol–water partition coefficient (Wildman–Crippen LogP) is 2.18. The van der Waals surface area contributed by atoms with E-state index < -0.39 is 0 Å². The molecule has 1 atom stereocenters. The van der Waals surface area contributed by atoms with Crippen LogP contribution in [0.1, 0.15) is 45.1 Å². The summed E-state index contributed by atoms with van der Waals surface area (Å²) in [4.78, 5) is 0. The van der Waals surface area contributed by atoms with Gasteiger partial charge in [0.15, 0.2) is 0 Å². The van der Waals surface area contributed by atoms with Crippen LogP contribution in [0.2, 0.25) is 0 Å². The molecule has 1 unspecified atom stereocenters. The van der Waals surface area contributed by atoms with Gasteiger partial charge in [-0.25, -0.2) is 0 Å². The normalized spacial score (nSPS) is 13.5. The molecule has 0 amide bonds. The third-order valence-corrected chi connectivity index (χ3v) is 2.72. The average Bonchev–Trinajstić information content (AvgIpc) is 2.60. The van der Waals surface area contributed by atoms with Gasteiger partial charge in [0.25, 0.3) is 0 Å². The molecule has 0 aliphatic rings. The maximum atomic E-state index is 4.65. The summed E-state index contributed by atoms with van der Waals surface area (Å²) < 4.78 is 2.14. The minimum atomic E-state index is 0.457. The van der Waals surface area contributed by atoms with E-state index in [0.717, 1.165) is 12.8 Å². The van der Waals surface area contributed by atoms with Crippen LogP contribution in [0.5, 0.6) is 0 Å². The number of likely N-dealkylation sites (N-methyl/N-ethyl adjacent to an activating group) is 1. The maximum absolute atomic E-state index is 4.65. The fourth-order valence-electron chi connectivity index (χ4n) is 1.72. The second-order valence-electron chi connectivity index (χ2n) is 4.41. The van der Waals surface area contributed by atoms with Crippen LogP contribution in [-0.2, 0) is 12.8 Å². The van der Waals surface area contributed by atoms with Gasteiger partial charge in [0, 0.05) is 24.2 Å². The molecule has 86 valence electrons. The SMILES string of the molecule is CCc1cc(CC(C)NC)nn1C(C)C. The second kappa shape index (κ2) is 5.31. The zero-order valence-corrected chi connectivity index (χ0v) is 10.5. The van der Waals surface area contributed by atoms with Gasteiger partial charge in [0.05, 0.1) is 5.69 Å². The lowest BCUT2D eigenvalue weighted by atomic mass is 10.1. The molecule has 0 aromatic carbocycles. The van der Waals surface area contributed by atoms with Gasteiger partial charge in [-0.2, -0.15) is 5.10 Å². The van der Waals surface area contributed by atoms with Crippen LogP contribution >= 0.6 is 0 Å². The molecule has 1 aromatic rings. The fourth-order valence-corrected chi connectivity index (χ4v) is 1.72. The summed E-state index contributed by atoms with van der Waals surface area (Å²) in [5, 5.41) is 7.89. The minimum Gasteiger partial charge on any atom is -0.317 e. The molecule has 0 saturated carbocycles. The summed E-state index contributed by atoms with van der Waals surface area (Å²) in [5.74, 6) is 0. The molecule has 1 heterocycles. The quantitative estimate of drug-likeness (QED) is 0.805. The van der Waals surface area contributed by atoms with Crippen molar-refractivity contribution >= 4 is 0 Å².